The van der Waals surface area contributed by atoms with Crippen molar-refractivity contribution in [3.8, 4) is 22.8 Å². The summed E-state index contributed by atoms with van der Waals surface area (Å²) in [6, 6.07) is 6.26. The molecule has 0 radical (unpaired) electrons. The van der Waals surface area contributed by atoms with Crippen molar-refractivity contribution in [3.63, 3.8) is 0 Å². The molecule has 0 saturated heterocycles. The number of rotatable bonds is 6. The van der Waals surface area contributed by atoms with E-state index in [1.54, 1.807) is 56.0 Å². The standard InChI is InChI=1S/C22H26N6O3/c1-6-22(3,4)20(29)27-21(30)26-19-8-7-18(14(2)25-19)31-16-9-10-23-17(11-16)15-12-24-28(5)13-15/h7-13H,6H2,1-5H3,(H2,25,26,27,29,30). The van der Waals surface area contributed by atoms with Crippen molar-refractivity contribution in [2.24, 2.45) is 12.5 Å². The van der Waals surface area contributed by atoms with E-state index in [-0.39, 0.29) is 5.91 Å². The van der Waals surface area contributed by atoms with E-state index in [9.17, 15) is 9.59 Å². The molecule has 0 aliphatic heterocycles. The number of nitrogens with zero attached hydrogens (tertiary/aromatic N) is 4. The first-order valence-corrected chi connectivity index (χ1v) is 9.91. The smallest absolute Gasteiger partial charge is 0.327 e. The number of carbonyl (C=O) groups excluding carboxylic acids is 2. The lowest BCUT2D eigenvalue weighted by atomic mass is 9.89. The zero-order chi connectivity index (χ0) is 22.6. The summed E-state index contributed by atoms with van der Waals surface area (Å²) in [6.45, 7) is 7.22. The van der Waals surface area contributed by atoms with E-state index in [2.05, 4.69) is 25.7 Å². The molecule has 0 fully saturated rings. The maximum absolute atomic E-state index is 12.1. The lowest BCUT2D eigenvalue weighted by molar-refractivity contribution is -0.128. The van der Waals surface area contributed by atoms with Crippen LogP contribution in [0.5, 0.6) is 11.5 Å². The van der Waals surface area contributed by atoms with Crippen LogP contribution in [0.3, 0.4) is 0 Å². The molecular weight excluding hydrogens is 396 g/mol. The lowest BCUT2D eigenvalue weighted by Gasteiger charge is -2.20. The summed E-state index contributed by atoms with van der Waals surface area (Å²) < 4.78 is 7.66. The van der Waals surface area contributed by atoms with Crippen LogP contribution < -0.4 is 15.4 Å². The third-order valence-corrected chi connectivity index (χ3v) is 4.96. The minimum atomic E-state index is -0.627. The van der Waals surface area contributed by atoms with Gasteiger partial charge in [-0.05, 0) is 31.5 Å². The Morgan fingerprint density at radius 2 is 2.00 bits per heavy atom. The van der Waals surface area contributed by atoms with Gasteiger partial charge in [0.05, 0.1) is 17.6 Å². The van der Waals surface area contributed by atoms with Crippen molar-refractivity contribution in [1.82, 2.24) is 25.1 Å². The van der Waals surface area contributed by atoms with Crippen LogP contribution in [-0.4, -0.2) is 31.7 Å². The molecule has 0 saturated carbocycles. The fourth-order valence-corrected chi connectivity index (χ4v) is 2.62. The Hall–Kier alpha value is -3.75. The van der Waals surface area contributed by atoms with Crippen LogP contribution in [0.4, 0.5) is 10.6 Å². The summed E-state index contributed by atoms with van der Waals surface area (Å²) in [7, 11) is 1.84. The van der Waals surface area contributed by atoms with Gasteiger partial charge in [-0.1, -0.05) is 20.8 Å². The van der Waals surface area contributed by atoms with E-state index in [4.69, 9.17) is 4.74 Å². The Labute approximate surface area is 180 Å². The van der Waals surface area contributed by atoms with Gasteiger partial charge in [-0.2, -0.15) is 5.10 Å². The molecule has 9 heteroatoms. The summed E-state index contributed by atoms with van der Waals surface area (Å²) >= 11 is 0. The predicted molar refractivity (Wildman–Crippen MR) is 117 cm³/mol. The fourth-order valence-electron chi connectivity index (χ4n) is 2.62. The van der Waals surface area contributed by atoms with Crippen molar-refractivity contribution in [3.05, 3.63) is 48.5 Å². The van der Waals surface area contributed by atoms with Crippen molar-refractivity contribution >= 4 is 17.8 Å². The normalized spacial score (nSPS) is 11.1. The summed E-state index contributed by atoms with van der Waals surface area (Å²) in [6.07, 6.45) is 5.89. The van der Waals surface area contributed by atoms with Gasteiger partial charge in [0.2, 0.25) is 5.91 Å². The largest absolute Gasteiger partial charge is 0.455 e. The highest BCUT2D eigenvalue weighted by atomic mass is 16.5. The third kappa shape index (κ3) is 5.44. The van der Waals surface area contributed by atoms with Gasteiger partial charge >= 0.3 is 6.03 Å². The highest BCUT2D eigenvalue weighted by Gasteiger charge is 2.26. The van der Waals surface area contributed by atoms with Crippen molar-refractivity contribution < 1.29 is 14.3 Å². The van der Waals surface area contributed by atoms with Crippen LogP contribution in [0.1, 0.15) is 32.9 Å². The van der Waals surface area contributed by atoms with Crippen molar-refractivity contribution in [1.29, 1.82) is 0 Å². The molecule has 3 amide bonds. The Kier molecular flexibility index (Phi) is 6.33. The van der Waals surface area contributed by atoms with E-state index in [1.807, 2.05) is 26.2 Å². The molecule has 162 valence electrons. The second-order valence-corrected chi connectivity index (χ2v) is 7.81. The number of ether oxygens (including phenoxy) is 1. The van der Waals surface area contributed by atoms with Gasteiger partial charge in [-0.15, -0.1) is 0 Å². The molecule has 0 unspecified atom stereocenters. The first-order valence-electron chi connectivity index (χ1n) is 9.91. The van der Waals surface area contributed by atoms with Crippen molar-refractivity contribution in [2.75, 3.05) is 5.32 Å². The average molecular weight is 422 g/mol. The first-order chi connectivity index (χ1) is 14.7. The molecule has 0 aromatic carbocycles. The minimum Gasteiger partial charge on any atom is -0.455 e. The molecule has 0 atom stereocenters. The van der Waals surface area contributed by atoms with Crippen LogP contribution in [0.2, 0.25) is 0 Å². The average Bonchev–Trinajstić information content (AvgIpc) is 3.16. The molecule has 31 heavy (non-hydrogen) atoms. The highest BCUT2D eigenvalue weighted by Crippen LogP contribution is 2.28. The lowest BCUT2D eigenvalue weighted by Crippen LogP contribution is -2.42. The molecule has 3 heterocycles. The number of amides is 3. The van der Waals surface area contributed by atoms with Crippen LogP contribution in [0.15, 0.2) is 42.9 Å². The number of hydrogen-bond acceptors (Lipinski definition) is 6. The SMILES string of the molecule is CCC(C)(C)C(=O)NC(=O)Nc1ccc(Oc2ccnc(-c3cnn(C)c3)c2)c(C)n1. The molecule has 9 nitrogen and oxygen atoms in total. The number of aryl methyl sites for hydroxylation is 2. The van der Waals surface area contributed by atoms with Gasteiger partial charge in [0, 0.05) is 36.5 Å². The number of anilines is 1. The number of aromatic nitrogens is 4. The summed E-state index contributed by atoms with van der Waals surface area (Å²) in [5.74, 6) is 1.11. The quantitative estimate of drug-likeness (QED) is 0.620. The minimum absolute atomic E-state index is 0.315. The van der Waals surface area contributed by atoms with Crippen LogP contribution in [-0.2, 0) is 11.8 Å². The number of carbonyl (C=O) groups is 2. The van der Waals surface area contributed by atoms with E-state index in [0.717, 1.165) is 11.3 Å². The van der Waals surface area contributed by atoms with Crippen molar-refractivity contribution in [2.45, 2.75) is 34.1 Å². The topological polar surface area (TPSA) is 111 Å². The van der Waals surface area contributed by atoms with Gasteiger partial charge in [-0.25, -0.2) is 9.78 Å². The molecule has 3 aromatic heterocycles. The number of pyridine rings is 2. The number of imide groups is 1. The third-order valence-electron chi connectivity index (χ3n) is 4.96. The van der Waals surface area contributed by atoms with E-state index in [1.165, 1.54) is 0 Å². The van der Waals surface area contributed by atoms with Gasteiger partial charge < -0.3 is 4.74 Å². The summed E-state index contributed by atoms with van der Waals surface area (Å²) in [4.78, 5) is 32.9. The van der Waals surface area contributed by atoms with Gasteiger partial charge in [0.1, 0.15) is 17.3 Å². The summed E-state index contributed by atoms with van der Waals surface area (Å²) in [5, 5.41) is 9.08. The maximum atomic E-state index is 12.1. The Balaban J connectivity index is 1.67. The van der Waals surface area contributed by atoms with E-state index >= 15 is 0 Å². The van der Waals surface area contributed by atoms with E-state index < -0.39 is 11.4 Å². The monoisotopic (exact) mass is 422 g/mol. The summed E-state index contributed by atoms with van der Waals surface area (Å²) in [5.41, 5.74) is 1.58. The zero-order valence-corrected chi connectivity index (χ0v) is 18.3. The fraction of sp³-hybridized carbons (Fsp3) is 0.318. The molecule has 2 N–H and O–H groups in total. The second kappa shape index (κ2) is 8.95. The Bertz CT molecular complexity index is 1110. The molecule has 3 rings (SSSR count). The zero-order valence-electron chi connectivity index (χ0n) is 18.3. The van der Waals surface area contributed by atoms with Crippen LogP contribution in [0.25, 0.3) is 11.3 Å². The van der Waals surface area contributed by atoms with Crippen LogP contribution in [0, 0.1) is 12.3 Å². The van der Waals surface area contributed by atoms with E-state index in [0.29, 0.717) is 29.4 Å². The maximum Gasteiger partial charge on any atom is 0.327 e. The predicted octanol–water partition coefficient (Wildman–Crippen LogP) is 4.06. The number of nitrogens with one attached hydrogen (secondary N) is 2. The second-order valence-electron chi connectivity index (χ2n) is 7.81. The van der Waals surface area contributed by atoms with Crippen LogP contribution >= 0.6 is 0 Å². The van der Waals surface area contributed by atoms with Gasteiger partial charge in [-0.3, -0.25) is 25.1 Å². The Morgan fingerprint density at radius 1 is 1.23 bits per heavy atom. The number of urea groups is 1. The Morgan fingerprint density at radius 3 is 2.65 bits per heavy atom. The molecule has 0 spiro atoms. The van der Waals surface area contributed by atoms with Gasteiger partial charge in [0.25, 0.3) is 0 Å². The van der Waals surface area contributed by atoms with Gasteiger partial charge in [0.15, 0.2) is 0 Å². The molecule has 3 aromatic rings. The molecule has 0 aliphatic rings. The highest BCUT2D eigenvalue weighted by molar-refractivity contribution is 6.02. The molecule has 0 bridgehead atoms. The molecular formula is C22H26N6O3. The number of hydrogen-bond donors (Lipinski definition) is 2. The molecule has 0 aliphatic carbocycles. The first kappa shape index (κ1) is 21.9.